The Morgan fingerprint density at radius 1 is 1.33 bits per heavy atom. The van der Waals surface area contributed by atoms with Crippen LogP contribution in [0.1, 0.15) is 30.3 Å². The first-order valence-corrected chi connectivity index (χ1v) is 6.38. The fraction of sp³-hybridized carbons (Fsp3) is 0.357. The lowest BCUT2D eigenvalue weighted by molar-refractivity contribution is 0.0940. The summed E-state index contributed by atoms with van der Waals surface area (Å²) in [5, 5.41) is 1.10. The molecule has 2 aromatic rings. The Kier molecular flexibility index (Phi) is 2.88. The molecule has 1 fully saturated rings. The summed E-state index contributed by atoms with van der Waals surface area (Å²) in [4.78, 5) is 12.0. The maximum atomic E-state index is 12.0. The highest BCUT2D eigenvalue weighted by molar-refractivity contribution is 6.32. The van der Waals surface area contributed by atoms with Crippen molar-refractivity contribution in [1.29, 1.82) is 0 Å². The standard InChI is InChI=1S/C14H13ClO3/c1-8-5-13-9(6-10(8)15)11(16)7-14(18-13)12-3-2-4-17-12/h5-7,12H,2-4H2,1H3/t12-/m0/s1. The number of fused-ring (bicyclic) bond motifs is 1. The van der Waals surface area contributed by atoms with Crippen molar-refractivity contribution >= 4 is 22.6 Å². The number of halogens is 1. The summed E-state index contributed by atoms with van der Waals surface area (Å²) in [5.41, 5.74) is 1.41. The molecule has 0 aliphatic carbocycles. The zero-order valence-electron chi connectivity index (χ0n) is 10.0. The molecule has 0 N–H and O–H groups in total. The number of rotatable bonds is 1. The molecule has 1 saturated heterocycles. The Labute approximate surface area is 109 Å². The molecule has 0 saturated carbocycles. The van der Waals surface area contributed by atoms with Crippen molar-refractivity contribution in [2.75, 3.05) is 6.61 Å². The fourth-order valence-electron chi connectivity index (χ4n) is 2.26. The molecule has 4 heteroatoms. The van der Waals surface area contributed by atoms with Crippen LogP contribution in [0.15, 0.2) is 27.4 Å². The molecular formula is C14H13ClO3. The summed E-state index contributed by atoms with van der Waals surface area (Å²) < 4.78 is 11.3. The Hall–Kier alpha value is -1.32. The summed E-state index contributed by atoms with van der Waals surface area (Å²) in [7, 11) is 0. The monoisotopic (exact) mass is 264 g/mol. The average molecular weight is 265 g/mol. The average Bonchev–Trinajstić information content (AvgIpc) is 2.85. The second-order valence-corrected chi connectivity index (χ2v) is 5.02. The van der Waals surface area contributed by atoms with Crippen LogP contribution in [-0.2, 0) is 4.74 Å². The van der Waals surface area contributed by atoms with E-state index in [1.807, 2.05) is 6.92 Å². The van der Waals surface area contributed by atoms with Crippen LogP contribution >= 0.6 is 11.6 Å². The van der Waals surface area contributed by atoms with E-state index in [1.165, 1.54) is 6.07 Å². The third-order valence-corrected chi connectivity index (χ3v) is 3.68. The van der Waals surface area contributed by atoms with Gasteiger partial charge in [-0.05, 0) is 37.5 Å². The lowest BCUT2D eigenvalue weighted by atomic mass is 10.1. The first-order chi connectivity index (χ1) is 8.65. The van der Waals surface area contributed by atoms with Crippen LogP contribution in [0, 0.1) is 6.92 Å². The molecule has 2 heterocycles. The van der Waals surface area contributed by atoms with Crippen molar-refractivity contribution in [3.05, 3.63) is 44.8 Å². The van der Waals surface area contributed by atoms with Gasteiger partial charge in [-0.25, -0.2) is 0 Å². The first-order valence-electron chi connectivity index (χ1n) is 6.00. The van der Waals surface area contributed by atoms with E-state index in [4.69, 9.17) is 20.8 Å². The van der Waals surface area contributed by atoms with Gasteiger partial charge in [-0.2, -0.15) is 0 Å². The molecule has 1 atom stereocenters. The van der Waals surface area contributed by atoms with Crippen LogP contribution in [0.4, 0.5) is 0 Å². The molecule has 3 rings (SSSR count). The molecule has 1 aliphatic heterocycles. The zero-order chi connectivity index (χ0) is 12.7. The summed E-state index contributed by atoms with van der Waals surface area (Å²) in [6.07, 6.45) is 1.82. The quantitative estimate of drug-likeness (QED) is 0.790. The third-order valence-electron chi connectivity index (χ3n) is 3.27. The highest BCUT2D eigenvalue weighted by Crippen LogP contribution is 2.30. The predicted molar refractivity (Wildman–Crippen MR) is 70.2 cm³/mol. The van der Waals surface area contributed by atoms with E-state index >= 15 is 0 Å². The van der Waals surface area contributed by atoms with Gasteiger partial charge in [0.1, 0.15) is 17.4 Å². The van der Waals surface area contributed by atoms with E-state index in [0.29, 0.717) is 21.8 Å². The molecule has 94 valence electrons. The van der Waals surface area contributed by atoms with Gasteiger partial charge in [0.05, 0.1) is 5.39 Å². The van der Waals surface area contributed by atoms with Gasteiger partial charge in [0.25, 0.3) is 0 Å². The van der Waals surface area contributed by atoms with E-state index in [1.54, 1.807) is 12.1 Å². The predicted octanol–water partition coefficient (Wildman–Crippen LogP) is 3.61. The van der Waals surface area contributed by atoms with Crippen LogP contribution in [0.25, 0.3) is 11.0 Å². The number of hydrogen-bond acceptors (Lipinski definition) is 3. The summed E-state index contributed by atoms with van der Waals surface area (Å²) in [6, 6.07) is 4.98. The largest absolute Gasteiger partial charge is 0.458 e. The second-order valence-electron chi connectivity index (χ2n) is 4.61. The molecule has 0 radical (unpaired) electrons. The normalized spacial score (nSPS) is 19.6. The Bertz CT molecular complexity index is 654. The molecule has 0 bridgehead atoms. The minimum Gasteiger partial charge on any atom is -0.458 e. The molecular weight excluding hydrogens is 252 g/mol. The third kappa shape index (κ3) is 1.93. The van der Waals surface area contributed by atoms with Crippen molar-refractivity contribution in [2.45, 2.75) is 25.9 Å². The Morgan fingerprint density at radius 2 is 2.17 bits per heavy atom. The highest BCUT2D eigenvalue weighted by Gasteiger charge is 2.21. The summed E-state index contributed by atoms with van der Waals surface area (Å²) >= 11 is 6.02. The van der Waals surface area contributed by atoms with Gasteiger partial charge in [-0.3, -0.25) is 4.79 Å². The molecule has 1 aromatic heterocycles. The van der Waals surface area contributed by atoms with Crippen LogP contribution in [0.2, 0.25) is 5.02 Å². The maximum absolute atomic E-state index is 12.0. The lowest BCUT2D eigenvalue weighted by Crippen LogP contribution is -2.05. The van der Waals surface area contributed by atoms with E-state index < -0.39 is 0 Å². The molecule has 0 unspecified atom stereocenters. The maximum Gasteiger partial charge on any atom is 0.193 e. The van der Waals surface area contributed by atoms with Gasteiger partial charge in [-0.1, -0.05) is 11.6 Å². The molecule has 0 spiro atoms. The van der Waals surface area contributed by atoms with Crippen LogP contribution < -0.4 is 5.43 Å². The second kappa shape index (κ2) is 4.41. The van der Waals surface area contributed by atoms with E-state index in [-0.39, 0.29) is 11.5 Å². The zero-order valence-corrected chi connectivity index (χ0v) is 10.8. The van der Waals surface area contributed by atoms with Crippen molar-refractivity contribution in [3.63, 3.8) is 0 Å². The Balaban J connectivity index is 2.20. The Morgan fingerprint density at radius 3 is 2.89 bits per heavy atom. The number of benzene rings is 1. The summed E-state index contributed by atoms with van der Waals surface area (Å²) in [6.45, 7) is 2.62. The van der Waals surface area contributed by atoms with E-state index in [2.05, 4.69) is 0 Å². The molecule has 1 aliphatic rings. The van der Waals surface area contributed by atoms with Crippen LogP contribution in [-0.4, -0.2) is 6.61 Å². The van der Waals surface area contributed by atoms with Crippen molar-refractivity contribution in [3.8, 4) is 0 Å². The molecule has 1 aromatic carbocycles. The molecule has 0 amide bonds. The topological polar surface area (TPSA) is 39.4 Å². The van der Waals surface area contributed by atoms with Crippen LogP contribution in [0.5, 0.6) is 0 Å². The van der Waals surface area contributed by atoms with E-state index in [0.717, 1.165) is 25.0 Å². The fourth-order valence-corrected chi connectivity index (χ4v) is 2.42. The summed E-state index contributed by atoms with van der Waals surface area (Å²) in [5.74, 6) is 0.617. The highest BCUT2D eigenvalue weighted by atomic mass is 35.5. The van der Waals surface area contributed by atoms with Gasteiger partial charge in [0, 0.05) is 17.7 Å². The molecule has 18 heavy (non-hydrogen) atoms. The molecule has 3 nitrogen and oxygen atoms in total. The lowest BCUT2D eigenvalue weighted by Gasteiger charge is -2.09. The number of ether oxygens (including phenoxy) is 1. The van der Waals surface area contributed by atoms with Gasteiger partial charge in [0.2, 0.25) is 0 Å². The smallest absolute Gasteiger partial charge is 0.193 e. The van der Waals surface area contributed by atoms with Crippen molar-refractivity contribution < 1.29 is 9.15 Å². The number of hydrogen-bond donors (Lipinski definition) is 0. The minimum atomic E-state index is -0.0851. The van der Waals surface area contributed by atoms with Crippen LogP contribution in [0.3, 0.4) is 0 Å². The van der Waals surface area contributed by atoms with Crippen molar-refractivity contribution in [1.82, 2.24) is 0 Å². The van der Waals surface area contributed by atoms with E-state index in [9.17, 15) is 4.79 Å². The number of aryl methyl sites for hydroxylation is 1. The first kappa shape index (κ1) is 11.8. The van der Waals surface area contributed by atoms with Gasteiger partial charge in [-0.15, -0.1) is 0 Å². The van der Waals surface area contributed by atoms with Gasteiger partial charge in [0.15, 0.2) is 5.43 Å². The minimum absolute atomic E-state index is 0.0661. The van der Waals surface area contributed by atoms with Crippen molar-refractivity contribution in [2.24, 2.45) is 0 Å². The van der Waals surface area contributed by atoms with Gasteiger partial charge >= 0.3 is 0 Å². The SMILES string of the molecule is Cc1cc2oc([C@@H]3CCCO3)cc(=O)c2cc1Cl. The van der Waals surface area contributed by atoms with Gasteiger partial charge < -0.3 is 9.15 Å².